The lowest BCUT2D eigenvalue weighted by Gasteiger charge is -2.33. The Morgan fingerprint density at radius 1 is 1.41 bits per heavy atom. The van der Waals surface area contributed by atoms with E-state index in [-0.39, 0.29) is 11.8 Å². The van der Waals surface area contributed by atoms with Crippen LogP contribution >= 0.6 is 15.9 Å². The van der Waals surface area contributed by atoms with Gasteiger partial charge in [0.05, 0.1) is 4.47 Å². The summed E-state index contributed by atoms with van der Waals surface area (Å²) in [7, 11) is 0. The maximum Gasteiger partial charge on any atom is 0.179 e. The number of halogens is 2. The monoisotopic (exact) mass is 302 g/mol. The lowest BCUT2D eigenvalue weighted by molar-refractivity contribution is 0.182. The summed E-state index contributed by atoms with van der Waals surface area (Å²) in [4.78, 5) is 2.24. The molecule has 0 aliphatic carbocycles. The Morgan fingerprint density at radius 2 is 2.06 bits per heavy atom. The Hall–Kier alpha value is -0.650. The summed E-state index contributed by atoms with van der Waals surface area (Å²) in [5, 5.41) is 13.1. The van der Waals surface area contributed by atoms with E-state index in [9.17, 15) is 9.50 Å². The molecule has 1 aliphatic heterocycles. The van der Waals surface area contributed by atoms with E-state index in [1.54, 1.807) is 12.1 Å². The van der Waals surface area contributed by atoms with Gasteiger partial charge in [-0.3, -0.25) is 4.90 Å². The maximum absolute atomic E-state index is 13.6. The number of nitrogens with zero attached hydrogens (tertiary/aromatic N) is 1. The molecule has 5 heteroatoms. The van der Waals surface area contributed by atoms with Crippen molar-refractivity contribution in [2.24, 2.45) is 0 Å². The first kappa shape index (κ1) is 12.8. The standard InChI is InChI=1S/C12H16BrFN2O/c1-8(16-6-4-15-5-7-16)9-2-3-10(13)11(14)12(9)17/h2-3,8,15,17H,4-7H2,1H3/t8-/m1/s1. The highest BCUT2D eigenvalue weighted by Gasteiger charge is 2.22. The molecule has 0 amide bonds. The van der Waals surface area contributed by atoms with E-state index in [0.29, 0.717) is 10.0 Å². The fourth-order valence-electron chi connectivity index (χ4n) is 2.16. The predicted molar refractivity (Wildman–Crippen MR) is 68.6 cm³/mol. The molecule has 2 rings (SSSR count). The van der Waals surface area contributed by atoms with Gasteiger partial charge in [-0.15, -0.1) is 0 Å². The maximum atomic E-state index is 13.6. The van der Waals surface area contributed by atoms with Crippen LogP contribution in [0.15, 0.2) is 16.6 Å². The molecule has 1 aromatic carbocycles. The molecule has 1 saturated heterocycles. The summed E-state index contributed by atoms with van der Waals surface area (Å²) in [5.74, 6) is -0.824. The summed E-state index contributed by atoms with van der Waals surface area (Å²) in [6.07, 6.45) is 0. The normalized spacial score (nSPS) is 19.2. The van der Waals surface area contributed by atoms with E-state index in [0.717, 1.165) is 26.2 Å². The summed E-state index contributed by atoms with van der Waals surface area (Å²) >= 11 is 3.07. The van der Waals surface area contributed by atoms with Crippen LogP contribution in [0.5, 0.6) is 5.75 Å². The minimum atomic E-state index is -0.579. The molecule has 1 aliphatic rings. The van der Waals surface area contributed by atoms with Crippen molar-refractivity contribution in [1.82, 2.24) is 10.2 Å². The van der Waals surface area contributed by atoms with Crippen LogP contribution in [-0.2, 0) is 0 Å². The second-order valence-corrected chi connectivity index (χ2v) is 5.12. The lowest BCUT2D eigenvalue weighted by Crippen LogP contribution is -2.44. The summed E-state index contributed by atoms with van der Waals surface area (Å²) < 4.78 is 13.9. The number of aromatic hydroxyl groups is 1. The third-order valence-electron chi connectivity index (χ3n) is 3.25. The molecular weight excluding hydrogens is 287 g/mol. The van der Waals surface area contributed by atoms with Gasteiger partial charge in [-0.25, -0.2) is 4.39 Å². The number of hydrogen-bond donors (Lipinski definition) is 2. The van der Waals surface area contributed by atoms with Gasteiger partial charge in [0.2, 0.25) is 0 Å². The van der Waals surface area contributed by atoms with Gasteiger partial charge in [0.15, 0.2) is 11.6 Å². The molecule has 0 unspecified atom stereocenters. The molecule has 0 spiro atoms. The van der Waals surface area contributed by atoms with Gasteiger partial charge in [0.25, 0.3) is 0 Å². The molecule has 2 N–H and O–H groups in total. The second kappa shape index (κ2) is 5.33. The topological polar surface area (TPSA) is 35.5 Å². The highest BCUT2D eigenvalue weighted by atomic mass is 79.9. The van der Waals surface area contributed by atoms with E-state index in [1.807, 2.05) is 6.92 Å². The van der Waals surface area contributed by atoms with Crippen molar-refractivity contribution >= 4 is 15.9 Å². The van der Waals surface area contributed by atoms with Gasteiger partial charge in [0.1, 0.15) is 0 Å². The summed E-state index contributed by atoms with van der Waals surface area (Å²) in [6, 6.07) is 3.44. The van der Waals surface area contributed by atoms with E-state index in [2.05, 4.69) is 26.1 Å². The number of piperazine rings is 1. The van der Waals surface area contributed by atoms with Gasteiger partial charge < -0.3 is 10.4 Å². The Labute approximate surface area is 109 Å². The highest BCUT2D eigenvalue weighted by Crippen LogP contribution is 2.34. The number of nitrogens with one attached hydrogen (secondary N) is 1. The first-order chi connectivity index (χ1) is 8.11. The Morgan fingerprint density at radius 3 is 2.71 bits per heavy atom. The quantitative estimate of drug-likeness (QED) is 0.880. The lowest BCUT2D eigenvalue weighted by atomic mass is 10.0. The van der Waals surface area contributed by atoms with E-state index in [4.69, 9.17) is 0 Å². The zero-order valence-electron chi connectivity index (χ0n) is 9.71. The van der Waals surface area contributed by atoms with Crippen LogP contribution in [0, 0.1) is 5.82 Å². The molecule has 17 heavy (non-hydrogen) atoms. The minimum Gasteiger partial charge on any atom is -0.505 e. The van der Waals surface area contributed by atoms with Gasteiger partial charge in [0, 0.05) is 37.8 Å². The van der Waals surface area contributed by atoms with Gasteiger partial charge in [-0.2, -0.15) is 0 Å². The fraction of sp³-hybridized carbons (Fsp3) is 0.500. The summed E-state index contributed by atoms with van der Waals surface area (Å²) in [6.45, 7) is 5.69. The molecule has 94 valence electrons. The van der Waals surface area contributed by atoms with Crippen molar-refractivity contribution in [3.05, 3.63) is 28.0 Å². The molecule has 0 aromatic heterocycles. The van der Waals surface area contributed by atoms with Crippen molar-refractivity contribution in [1.29, 1.82) is 0 Å². The third-order valence-corrected chi connectivity index (χ3v) is 3.86. The van der Waals surface area contributed by atoms with Gasteiger partial charge >= 0.3 is 0 Å². The average molecular weight is 303 g/mol. The number of rotatable bonds is 2. The number of phenolic OH excluding ortho intramolecular Hbond substituents is 1. The van der Waals surface area contributed by atoms with Crippen molar-refractivity contribution in [3.63, 3.8) is 0 Å². The molecule has 0 saturated carbocycles. The SMILES string of the molecule is C[C@H](c1ccc(Br)c(F)c1O)N1CCNCC1. The van der Waals surface area contributed by atoms with Crippen LogP contribution in [0.3, 0.4) is 0 Å². The Kier molecular flexibility index (Phi) is 4.01. The largest absolute Gasteiger partial charge is 0.505 e. The average Bonchev–Trinajstić information content (AvgIpc) is 2.36. The first-order valence-electron chi connectivity index (χ1n) is 5.73. The summed E-state index contributed by atoms with van der Waals surface area (Å²) in [5.41, 5.74) is 0.646. The van der Waals surface area contributed by atoms with Crippen molar-refractivity contribution in [2.45, 2.75) is 13.0 Å². The molecule has 1 aromatic rings. The van der Waals surface area contributed by atoms with Gasteiger partial charge in [-0.05, 0) is 28.9 Å². The van der Waals surface area contributed by atoms with Crippen LogP contribution in [-0.4, -0.2) is 36.2 Å². The zero-order valence-corrected chi connectivity index (χ0v) is 11.3. The second-order valence-electron chi connectivity index (χ2n) is 4.26. The van der Waals surface area contributed by atoms with Crippen LogP contribution in [0.2, 0.25) is 0 Å². The number of phenols is 1. The molecule has 1 fully saturated rings. The van der Waals surface area contributed by atoms with Crippen LogP contribution in [0.25, 0.3) is 0 Å². The van der Waals surface area contributed by atoms with E-state index < -0.39 is 5.82 Å². The molecule has 0 bridgehead atoms. The Balaban J connectivity index is 2.24. The number of hydrogen-bond acceptors (Lipinski definition) is 3. The number of benzene rings is 1. The smallest absolute Gasteiger partial charge is 0.179 e. The fourth-order valence-corrected chi connectivity index (χ4v) is 2.48. The zero-order chi connectivity index (χ0) is 12.4. The van der Waals surface area contributed by atoms with Crippen molar-refractivity contribution in [2.75, 3.05) is 26.2 Å². The van der Waals surface area contributed by atoms with Gasteiger partial charge in [-0.1, -0.05) is 6.07 Å². The van der Waals surface area contributed by atoms with E-state index in [1.165, 1.54) is 0 Å². The van der Waals surface area contributed by atoms with Crippen molar-refractivity contribution < 1.29 is 9.50 Å². The van der Waals surface area contributed by atoms with Crippen LogP contribution < -0.4 is 5.32 Å². The third kappa shape index (κ3) is 2.61. The molecule has 1 atom stereocenters. The Bertz CT molecular complexity index is 408. The van der Waals surface area contributed by atoms with E-state index >= 15 is 0 Å². The molecular formula is C12H16BrFN2O. The van der Waals surface area contributed by atoms with Crippen molar-refractivity contribution in [3.8, 4) is 5.75 Å². The molecule has 0 radical (unpaired) electrons. The first-order valence-corrected chi connectivity index (χ1v) is 6.52. The van der Waals surface area contributed by atoms with Crippen LogP contribution in [0.4, 0.5) is 4.39 Å². The van der Waals surface area contributed by atoms with Crippen LogP contribution in [0.1, 0.15) is 18.5 Å². The molecule has 3 nitrogen and oxygen atoms in total. The molecule has 1 heterocycles. The highest BCUT2D eigenvalue weighted by molar-refractivity contribution is 9.10. The minimum absolute atomic E-state index is 0.0275. The predicted octanol–water partition coefficient (Wildman–Crippen LogP) is 2.26.